The van der Waals surface area contributed by atoms with E-state index in [-0.39, 0.29) is 18.5 Å². The number of rotatable bonds is 7. The van der Waals surface area contributed by atoms with Crippen molar-refractivity contribution in [1.82, 2.24) is 19.7 Å². The molecule has 0 bridgehead atoms. The van der Waals surface area contributed by atoms with Crippen LogP contribution in [0.5, 0.6) is 5.75 Å². The van der Waals surface area contributed by atoms with Crippen LogP contribution in [0.15, 0.2) is 61.2 Å². The Labute approximate surface area is 196 Å². The van der Waals surface area contributed by atoms with Gasteiger partial charge in [-0.2, -0.15) is 10.4 Å². The highest BCUT2D eigenvalue weighted by molar-refractivity contribution is 5.49. The van der Waals surface area contributed by atoms with Crippen LogP contribution in [0.4, 0.5) is 10.1 Å². The lowest BCUT2D eigenvalue weighted by molar-refractivity contribution is -0.190. The first-order valence-corrected chi connectivity index (χ1v) is 11.2. The molecule has 2 fully saturated rings. The Bertz CT molecular complexity index is 1110. The lowest BCUT2D eigenvalue weighted by Crippen LogP contribution is -2.44. The summed E-state index contributed by atoms with van der Waals surface area (Å²) in [5.74, 6) is -0.698. The van der Waals surface area contributed by atoms with Gasteiger partial charge in [0.1, 0.15) is 43.5 Å². The molecule has 34 heavy (non-hydrogen) atoms. The van der Waals surface area contributed by atoms with Gasteiger partial charge in [0, 0.05) is 37.4 Å². The van der Waals surface area contributed by atoms with E-state index in [4.69, 9.17) is 19.5 Å². The molecular formula is C24H25FN6O3. The van der Waals surface area contributed by atoms with Crippen molar-refractivity contribution >= 4 is 5.69 Å². The fraction of sp³-hybridized carbons (Fsp3) is 0.375. The minimum Gasteiger partial charge on any atom is -0.491 e. The second-order valence-electron chi connectivity index (χ2n) is 8.28. The first-order valence-electron chi connectivity index (χ1n) is 11.2. The van der Waals surface area contributed by atoms with Gasteiger partial charge in [-0.3, -0.25) is 0 Å². The Balaban J connectivity index is 1.21. The summed E-state index contributed by atoms with van der Waals surface area (Å²) in [5.41, 5.74) is 1.81. The van der Waals surface area contributed by atoms with Crippen LogP contribution in [0.1, 0.15) is 5.56 Å². The predicted octanol–water partition coefficient (Wildman–Crippen LogP) is 2.37. The van der Waals surface area contributed by atoms with Crippen molar-refractivity contribution in [1.29, 1.82) is 5.26 Å². The molecule has 3 heterocycles. The molecule has 0 spiro atoms. The van der Waals surface area contributed by atoms with Gasteiger partial charge in [0.25, 0.3) is 0 Å². The number of nitriles is 1. The number of ether oxygens (including phenoxy) is 3. The fourth-order valence-electron chi connectivity index (χ4n) is 4.21. The van der Waals surface area contributed by atoms with E-state index < -0.39 is 5.79 Å². The highest BCUT2D eigenvalue weighted by Crippen LogP contribution is 2.36. The van der Waals surface area contributed by atoms with Crippen molar-refractivity contribution in [2.45, 2.75) is 18.4 Å². The molecule has 2 saturated heterocycles. The SMILES string of the molecule is N#CN1CCN(c2ccc(OCC3COC(Cn4cncn4)(c4ccc(F)cc4)O3)cc2)CC1. The lowest BCUT2D eigenvalue weighted by Gasteiger charge is -2.33. The highest BCUT2D eigenvalue weighted by atomic mass is 19.1. The zero-order chi connectivity index (χ0) is 23.4. The highest BCUT2D eigenvalue weighted by Gasteiger charge is 2.44. The third kappa shape index (κ3) is 4.81. The van der Waals surface area contributed by atoms with Gasteiger partial charge in [0.05, 0.1) is 6.61 Å². The van der Waals surface area contributed by atoms with Gasteiger partial charge < -0.3 is 24.0 Å². The van der Waals surface area contributed by atoms with Crippen molar-refractivity contribution in [2.24, 2.45) is 0 Å². The van der Waals surface area contributed by atoms with Crippen LogP contribution in [-0.2, 0) is 21.8 Å². The molecule has 1 aromatic heterocycles. The normalized spacial score (nSPS) is 22.5. The molecule has 10 heteroatoms. The quantitative estimate of drug-likeness (QED) is 0.493. The third-order valence-corrected chi connectivity index (χ3v) is 6.04. The van der Waals surface area contributed by atoms with E-state index in [0.717, 1.165) is 37.6 Å². The number of nitrogens with zero attached hydrogens (tertiary/aromatic N) is 6. The summed E-state index contributed by atoms with van der Waals surface area (Å²) < 4.78 is 33.5. The van der Waals surface area contributed by atoms with Crippen LogP contribution in [0.3, 0.4) is 0 Å². The molecule has 2 aliphatic heterocycles. The molecule has 5 rings (SSSR count). The molecule has 2 aromatic carbocycles. The minimum absolute atomic E-state index is 0.281. The Hall–Kier alpha value is -3.68. The second-order valence-corrected chi connectivity index (χ2v) is 8.28. The zero-order valence-corrected chi connectivity index (χ0v) is 18.6. The monoisotopic (exact) mass is 464 g/mol. The van der Waals surface area contributed by atoms with Crippen LogP contribution in [-0.4, -0.2) is 65.2 Å². The first-order chi connectivity index (χ1) is 16.6. The summed E-state index contributed by atoms with van der Waals surface area (Å²) in [7, 11) is 0. The summed E-state index contributed by atoms with van der Waals surface area (Å²) in [6.45, 7) is 4.02. The minimum atomic E-state index is -1.11. The average molecular weight is 465 g/mol. The van der Waals surface area contributed by atoms with Crippen LogP contribution in [0.25, 0.3) is 0 Å². The largest absolute Gasteiger partial charge is 0.491 e. The smallest absolute Gasteiger partial charge is 0.215 e. The van der Waals surface area contributed by atoms with Crippen LogP contribution in [0, 0.1) is 17.3 Å². The van der Waals surface area contributed by atoms with E-state index in [9.17, 15) is 4.39 Å². The third-order valence-electron chi connectivity index (χ3n) is 6.04. The summed E-state index contributed by atoms with van der Waals surface area (Å²) in [6, 6.07) is 14.0. The Morgan fingerprint density at radius 1 is 1.09 bits per heavy atom. The van der Waals surface area contributed by atoms with Gasteiger partial charge in [0.15, 0.2) is 6.19 Å². The molecule has 0 N–H and O–H groups in total. The Morgan fingerprint density at radius 3 is 2.53 bits per heavy atom. The van der Waals surface area contributed by atoms with Crippen molar-refractivity contribution in [3.05, 3.63) is 72.6 Å². The van der Waals surface area contributed by atoms with Gasteiger partial charge in [0.2, 0.25) is 5.79 Å². The maximum absolute atomic E-state index is 13.5. The standard InChI is InChI=1S/C24H25FN6O3/c25-20-3-1-19(2-4-20)24(15-31-18-27-17-28-31)33-14-23(34-24)13-32-22-7-5-21(6-8-22)30-11-9-29(16-26)10-12-30/h1-8,17-18,23H,9-15H2. The molecule has 3 aromatic rings. The average Bonchev–Trinajstić information content (AvgIpc) is 3.54. The summed E-state index contributed by atoms with van der Waals surface area (Å²) in [4.78, 5) is 8.01. The maximum atomic E-state index is 13.5. The summed E-state index contributed by atoms with van der Waals surface area (Å²) in [5, 5.41) is 13.2. The number of aromatic nitrogens is 3. The molecule has 0 radical (unpaired) electrons. The lowest BCUT2D eigenvalue weighted by atomic mass is 10.1. The van der Waals surface area contributed by atoms with Crippen molar-refractivity contribution in [3.63, 3.8) is 0 Å². The molecule has 0 aliphatic carbocycles. The fourth-order valence-corrected chi connectivity index (χ4v) is 4.21. The van der Waals surface area contributed by atoms with Gasteiger partial charge >= 0.3 is 0 Å². The number of halogens is 1. The van der Waals surface area contributed by atoms with E-state index in [2.05, 4.69) is 21.2 Å². The molecule has 9 nitrogen and oxygen atoms in total. The topological polar surface area (TPSA) is 88.7 Å². The van der Waals surface area contributed by atoms with E-state index in [1.807, 2.05) is 24.3 Å². The van der Waals surface area contributed by atoms with Crippen LogP contribution in [0.2, 0.25) is 0 Å². The summed E-state index contributed by atoms with van der Waals surface area (Å²) in [6.07, 6.45) is 4.92. The molecule has 0 saturated carbocycles. The van der Waals surface area contributed by atoms with Crippen LogP contribution >= 0.6 is 0 Å². The number of benzene rings is 2. The zero-order valence-electron chi connectivity index (χ0n) is 18.6. The Morgan fingerprint density at radius 2 is 1.85 bits per heavy atom. The van der Waals surface area contributed by atoms with E-state index in [1.165, 1.54) is 18.5 Å². The van der Waals surface area contributed by atoms with Gasteiger partial charge in [-0.15, -0.1) is 0 Å². The van der Waals surface area contributed by atoms with Gasteiger partial charge in [-0.25, -0.2) is 14.1 Å². The van der Waals surface area contributed by atoms with E-state index >= 15 is 0 Å². The molecule has 0 amide bonds. The van der Waals surface area contributed by atoms with Gasteiger partial charge in [-0.1, -0.05) is 12.1 Å². The number of piperazine rings is 1. The van der Waals surface area contributed by atoms with E-state index in [1.54, 1.807) is 28.0 Å². The van der Waals surface area contributed by atoms with Crippen molar-refractivity contribution in [2.75, 3.05) is 44.3 Å². The van der Waals surface area contributed by atoms with Crippen molar-refractivity contribution in [3.8, 4) is 11.9 Å². The molecular weight excluding hydrogens is 439 g/mol. The number of anilines is 1. The number of hydrogen-bond donors (Lipinski definition) is 0. The molecule has 2 atom stereocenters. The van der Waals surface area contributed by atoms with Crippen LogP contribution < -0.4 is 9.64 Å². The summed E-state index contributed by atoms with van der Waals surface area (Å²) >= 11 is 0. The number of hydrogen-bond acceptors (Lipinski definition) is 8. The second kappa shape index (κ2) is 9.67. The van der Waals surface area contributed by atoms with Crippen molar-refractivity contribution < 1.29 is 18.6 Å². The molecule has 176 valence electrons. The van der Waals surface area contributed by atoms with Gasteiger partial charge in [-0.05, 0) is 36.4 Å². The van der Waals surface area contributed by atoms with E-state index in [0.29, 0.717) is 18.8 Å². The maximum Gasteiger partial charge on any atom is 0.215 e. The predicted molar refractivity (Wildman–Crippen MR) is 120 cm³/mol. The molecule has 2 aliphatic rings. The molecule has 2 unspecified atom stereocenters. The first kappa shape index (κ1) is 22.1. The Kier molecular flexibility index (Phi) is 6.29.